The van der Waals surface area contributed by atoms with E-state index in [1.165, 1.54) is 5.69 Å². The lowest BCUT2D eigenvalue weighted by atomic mass is 9.91. The third-order valence-corrected chi connectivity index (χ3v) is 5.27. The maximum absolute atomic E-state index is 12.7. The number of H-pyrrole nitrogens is 1. The van der Waals surface area contributed by atoms with Crippen LogP contribution in [0, 0.1) is 5.92 Å². The summed E-state index contributed by atoms with van der Waals surface area (Å²) in [5, 5.41) is 7.06. The smallest absolute Gasteiger partial charge is 0.319 e. The Balaban J connectivity index is 1.47. The SMILES string of the molecule is CN(C)C(=O)N1CCC(C(=O)N2CCC(c3ccn[nH]3)CC2)CC1. The lowest BCUT2D eigenvalue weighted by molar-refractivity contribution is -0.138. The van der Waals surface area contributed by atoms with E-state index in [9.17, 15) is 9.59 Å². The molecular formula is C17H27N5O2. The van der Waals surface area contributed by atoms with Gasteiger partial charge in [-0.25, -0.2) is 4.79 Å². The summed E-state index contributed by atoms with van der Waals surface area (Å²) in [5.41, 5.74) is 1.18. The van der Waals surface area contributed by atoms with Crippen molar-refractivity contribution in [1.82, 2.24) is 24.9 Å². The molecule has 2 aliphatic heterocycles. The zero-order chi connectivity index (χ0) is 17.1. The number of likely N-dealkylation sites (tertiary alicyclic amines) is 2. The zero-order valence-electron chi connectivity index (χ0n) is 14.6. The minimum absolute atomic E-state index is 0.0428. The van der Waals surface area contributed by atoms with Gasteiger partial charge >= 0.3 is 6.03 Å². The van der Waals surface area contributed by atoms with Crippen LogP contribution in [0.2, 0.25) is 0 Å². The van der Waals surface area contributed by atoms with E-state index < -0.39 is 0 Å². The summed E-state index contributed by atoms with van der Waals surface area (Å²) in [7, 11) is 3.53. The predicted octanol–water partition coefficient (Wildman–Crippen LogP) is 1.51. The van der Waals surface area contributed by atoms with Crippen LogP contribution in [-0.2, 0) is 4.79 Å². The van der Waals surface area contributed by atoms with Crippen molar-refractivity contribution in [1.29, 1.82) is 0 Å². The van der Waals surface area contributed by atoms with Crippen molar-refractivity contribution in [2.24, 2.45) is 5.92 Å². The van der Waals surface area contributed by atoms with Gasteiger partial charge in [0.25, 0.3) is 0 Å². The number of nitrogens with one attached hydrogen (secondary N) is 1. The van der Waals surface area contributed by atoms with Crippen molar-refractivity contribution in [3.05, 3.63) is 18.0 Å². The first-order valence-corrected chi connectivity index (χ1v) is 8.80. The number of amides is 3. The van der Waals surface area contributed by atoms with E-state index in [0.717, 1.165) is 38.8 Å². The number of hydrogen-bond acceptors (Lipinski definition) is 3. The molecule has 0 saturated carbocycles. The first kappa shape index (κ1) is 16.8. The lowest BCUT2D eigenvalue weighted by Crippen LogP contribution is -2.48. The van der Waals surface area contributed by atoms with Crippen LogP contribution in [0.15, 0.2) is 12.3 Å². The van der Waals surface area contributed by atoms with E-state index in [0.29, 0.717) is 19.0 Å². The van der Waals surface area contributed by atoms with E-state index >= 15 is 0 Å². The van der Waals surface area contributed by atoms with Gasteiger partial charge in [0.2, 0.25) is 5.91 Å². The molecule has 7 nitrogen and oxygen atoms in total. The molecule has 3 amide bonds. The Kier molecular flexibility index (Phi) is 5.06. The van der Waals surface area contributed by atoms with Gasteiger partial charge in [-0.1, -0.05) is 0 Å². The minimum atomic E-state index is 0.0428. The van der Waals surface area contributed by atoms with Crippen molar-refractivity contribution >= 4 is 11.9 Å². The van der Waals surface area contributed by atoms with Gasteiger partial charge in [-0.3, -0.25) is 9.89 Å². The van der Waals surface area contributed by atoms with Crippen molar-refractivity contribution in [3.63, 3.8) is 0 Å². The second-order valence-electron chi connectivity index (χ2n) is 7.05. The van der Waals surface area contributed by atoms with E-state index in [1.807, 2.05) is 15.9 Å². The molecule has 1 N–H and O–H groups in total. The maximum Gasteiger partial charge on any atom is 0.319 e. The van der Waals surface area contributed by atoms with Gasteiger partial charge in [0, 0.05) is 64.0 Å². The Morgan fingerprint density at radius 2 is 1.71 bits per heavy atom. The molecule has 24 heavy (non-hydrogen) atoms. The summed E-state index contributed by atoms with van der Waals surface area (Å²) in [5.74, 6) is 0.825. The Labute approximate surface area is 143 Å². The maximum atomic E-state index is 12.7. The Hall–Kier alpha value is -2.05. The number of urea groups is 1. The highest BCUT2D eigenvalue weighted by Gasteiger charge is 2.32. The molecule has 1 aromatic heterocycles. The third kappa shape index (κ3) is 3.55. The molecular weight excluding hydrogens is 306 g/mol. The van der Waals surface area contributed by atoms with Crippen LogP contribution >= 0.6 is 0 Å². The van der Waals surface area contributed by atoms with Gasteiger partial charge in [0.1, 0.15) is 0 Å². The number of piperidine rings is 2. The molecule has 3 heterocycles. The lowest BCUT2D eigenvalue weighted by Gasteiger charge is -2.37. The fraction of sp³-hybridized carbons (Fsp3) is 0.706. The first-order valence-electron chi connectivity index (χ1n) is 8.80. The van der Waals surface area contributed by atoms with Gasteiger partial charge in [-0.05, 0) is 31.7 Å². The number of aromatic nitrogens is 2. The first-order chi connectivity index (χ1) is 11.6. The fourth-order valence-corrected chi connectivity index (χ4v) is 3.76. The molecule has 7 heteroatoms. The number of rotatable bonds is 2. The van der Waals surface area contributed by atoms with E-state index in [1.54, 1.807) is 25.2 Å². The van der Waals surface area contributed by atoms with Crippen molar-refractivity contribution < 1.29 is 9.59 Å². The van der Waals surface area contributed by atoms with Crippen LogP contribution in [-0.4, -0.2) is 77.1 Å². The van der Waals surface area contributed by atoms with Crippen LogP contribution < -0.4 is 0 Å². The average molecular weight is 333 g/mol. The monoisotopic (exact) mass is 333 g/mol. The van der Waals surface area contributed by atoms with Gasteiger partial charge < -0.3 is 14.7 Å². The predicted molar refractivity (Wildman–Crippen MR) is 90.5 cm³/mol. The molecule has 1 aromatic rings. The standard InChI is InChI=1S/C17H27N5O2/c1-20(2)17(24)22-11-6-14(7-12-22)16(23)21-9-4-13(5-10-21)15-3-8-18-19-15/h3,8,13-14H,4-7,9-12H2,1-2H3,(H,18,19). The summed E-state index contributed by atoms with van der Waals surface area (Å²) >= 11 is 0. The van der Waals surface area contributed by atoms with Crippen LogP contribution in [0.3, 0.4) is 0 Å². The normalized spacial score (nSPS) is 20.2. The molecule has 2 aliphatic rings. The topological polar surface area (TPSA) is 72.5 Å². The molecule has 0 bridgehead atoms. The summed E-state index contributed by atoms with van der Waals surface area (Å²) in [6.45, 7) is 2.99. The summed E-state index contributed by atoms with van der Waals surface area (Å²) in [6.07, 6.45) is 5.32. The highest BCUT2D eigenvalue weighted by molar-refractivity contribution is 5.80. The molecule has 3 rings (SSSR count). The van der Waals surface area contributed by atoms with Gasteiger partial charge in [-0.15, -0.1) is 0 Å². The fourth-order valence-electron chi connectivity index (χ4n) is 3.76. The molecule has 132 valence electrons. The summed E-state index contributed by atoms with van der Waals surface area (Å²) in [6, 6.07) is 2.07. The van der Waals surface area contributed by atoms with Crippen LogP contribution in [0.25, 0.3) is 0 Å². The number of nitrogens with zero attached hydrogens (tertiary/aromatic N) is 4. The molecule has 0 aromatic carbocycles. The zero-order valence-corrected chi connectivity index (χ0v) is 14.6. The molecule has 2 saturated heterocycles. The van der Waals surface area contributed by atoms with Crippen LogP contribution in [0.1, 0.15) is 37.3 Å². The molecule has 0 radical (unpaired) electrons. The second kappa shape index (κ2) is 7.23. The van der Waals surface area contributed by atoms with Gasteiger partial charge in [0.15, 0.2) is 0 Å². The number of carbonyl (C=O) groups is 2. The third-order valence-electron chi connectivity index (χ3n) is 5.27. The van der Waals surface area contributed by atoms with E-state index in [2.05, 4.69) is 10.2 Å². The summed E-state index contributed by atoms with van der Waals surface area (Å²) in [4.78, 5) is 30.2. The van der Waals surface area contributed by atoms with Crippen LogP contribution in [0.4, 0.5) is 4.79 Å². The molecule has 0 atom stereocenters. The van der Waals surface area contributed by atoms with Gasteiger partial charge in [0.05, 0.1) is 0 Å². The Bertz CT molecular complexity index is 556. The van der Waals surface area contributed by atoms with Crippen LogP contribution in [0.5, 0.6) is 0 Å². The quantitative estimate of drug-likeness (QED) is 0.892. The largest absolute Gasteiger partial charge is 0.342 e. The van der Waals surface area contributed by atoms with E-state index in [4.69, 9.17) is 0 Å². The van der Waals surface area contributed by atoms with Gasteiger partial charge in [-0.2, -0.15) is 5.10 Å². The van der Waals surface area contributed by atoms with Crippen molar-refractivity contribution in [2.75, 3.05) is 40.3 Å². The highest BCUT2D eigenvalue weighted by atomic mass is 16.2. The Morgan fingerprint density at radius 3 is 2.25 bits per heavy atom. The molecule has 0 unspecified atom stereocenters. The molecule has 2 fully saturated rings. The number of hydrogen-bond donors (Lipinski definition) is 1. The second-order valence-corrected chi connectivity index (χ2v) is 7.05. The molecule has 0 aliphatic carbocycles. The molecule has 0 spiro atoms. The number of aromatic amines is 1. The summed E-state index contributed by atoms with van der Waals surface area (Å²) < 4.78 is 0. The minimum Gasteiger partial charge on any atom is -0.342 e. The van der Waals surface area contributed by atoms with Crippen molar-refractivity contribution in [3.8, 4) is 0 Å². The van der Waals surface area contributed by atoms with Crippen molar-refractivity contribution in [2.45, 2.75) is 31.6 Å². The Morgan fingerprint density at radius 1 is 1.08 bits per heavy atom. The van der Waals surface area contributed by atoms with E-state index in [-0.39, 0.29) is 17.9 Å². The number of carbonyl (C=O) groups excluding carboxylic acids is 2. The highest BCUT2D eigenvalue weighted by Crippen LogP contribution is 2.28. The average Bonchev–Trinajstić information content (AvgIpc) is 3.15.